The Morgan fingerprint density at radius 3 is 2.28 bits per heavy atom. The van der Waals surface area contributed by atoms with E-state index in [1.807, 2.05) is 20.8 Å². The van der Waals surface area contributed by atoms with Gasteiger partial charge in [0, 0.05) is 6.54 Å². The number of rotatable bonds is 1. The Bertz CT molecular complexity index is 365. The second-order valence-electron chi connectivity index (χ2n) is 6.43. The lowest BCUT2D eigenvalue weighted by molar-refractivity contribution is -0.139. The molecule has 3 aliphatic rings. The molecule has 5 nitrogen and oxygen atoms in total. The van der Waals surface area contributed by atoms with E-state index in [0.717, 1.165) is 12.8 Å². The van der Waals surface area contributed by atoms with Crippen LogP contribution >= 0.6 is 0 Å². The van der Waals surface area contributed by atoms with E-state index in [1.165, 1.54) is 0 Å². The molecule has 0 aromatic carbocycles. The van der Waals surface area contributed by atoms with Gasteiger partial charge < -0.3 is 10.5 Å². The molecule has 1 saturated carbocycles. The van der Waals surface area contributed by atoms with E-state index in [2.05, 4.69) is 0 Å². The molecule has 5 heteroatoms. The van der Waals surface area contributed by atoms with Gasteiger partial charge in [-0.2, -0.15) is 0 Å². The third-order valence-corrected chi connectivity index (χ3v) is 3.96. The highest BCUT2D eigenvalue weighted by atomic mass is 16.6. The first-order valence-electron chi connectivity index (χ1n) is 6.55. The fraction of sp³-hybridized carbons (Fsp3) is 0.846. The van der Waals surface area contributed by atoms with Crippen LogP contribution in [0.5, 0.6) is 0 Å². The maximum atomic E-state index is 12.2. The Balaban J connectivity index is 2.21. The molecule has 3 rings (SSSR count). The van der Waals surface area contributed by atoms with Gasteiger partial charge in [-0.1, -0.05) is 0 Å². The van der Waals surface area contributed by atoms with Gasteiger partial charge in [0.2, 0.25) is 5.91 Å². The van der Waals surface area contributed by atoms with Crippen LogP contribution in [0.15, 0.2) is 0 Å². The maximum Gasteiger partial charge on any atom is 0.411 e. The van der Waals surface area contributed by atoms with Gasteiger partial charge in [-0.3, -0.25) is 9.69 Å². The summed E-state index contributed by atoms with van der Waals surface area (Å²) >= 11 is 0. The third kappa shape index (κ3) is 2.18. The van der Waals surface area contributed by atoms with Crippen molar-refractivity contribution < 1.29 is 14.3 Å². The van der Waals surface area contributed by atoms with Crippen molar-refractivity contribution >= 4 is 12.0 Å². The molecule has 2 heterocycles. The molecule has 2 bridgehead atoms. The van der Waals surface area contributed by atoms with Gasteiger partial charge in [0.25, 0.3) is 0 Å². The largest absolute Gasteiger partial charge is 0.444 e. The number of nitrogens with two attached hydrogens (primary N) is 1. The van der Waals surface area contributed by atoms with Gasteiger partial charge in [-0.05, 0) is 52.4 Å². The van der Waals surface area contributed by atoms with Crippen LogP contribution in [-0.4, -0.2) is 34.6 Å². The Hall–Kier alpha value is -1.26. The molecule has 102 valence electrons. The van der Waals surface area contributed by atoms with Crippen LogP contribution in [0, 0.1) is 5.92 Å². The van der Waals surface area contributed by atoms with Crippen molar-refractivity contribution in [1.82, 2.24) is 4.90 Å². The van der Waals surface area contributed by atoms with Crippen LogP contribution in [0.1, 0.15) is 46.5 Å². The second kappa shape index (κ2) is 4.14. The number of fused-ring (bicyclic) bond motifs is 3. The summed E-state index contributed by atoms with van der Waals surface area (Å²) in [6.45, 7) is 6.07. The number of primary amides is 1. The molecule has 2 aliphatic heterocycles. The molecule has 2 saturated heterocycles. The first kappa shape index (κ1) is 13.2. The summed E-state index contributed by atoms with van der Waals surface area (Å²) < 4.78 is 5.38. The number of carbonyl (C=O) groups is 2. The minimum atomic E-state index is -0.808. The minimum absolute atomic E-state index is 0.397. The summed E-state index contributed by atoms with van der Waals surface area (Å²) in [5.74, 6) is 0.0882. The predicted octanol–water partition coefficient (Wildman–Crippen LogP) is 1.65. The Labute approximate surface area is 108 Å². The molecule has 2 amide bonds. The van der Waals surface area contributed by atoms with Crippen molar-refractivity contribution in [2.24, 2.45) is 11.7 Å². The molecule has 0 unspecified atom stereocenters. The van der Waals surface area contributed by atoms with Crippen LogP contribution in [0.4, 0.5) is 4.79 Å². The van der Waals surface area contributed by atoms with Crippen molar-refractivity contribution in [1.29, 1.82) is 0 Å². The standard InChI is InChI=1S/C13H22N2O3/c1-12(2,3)18-11(17)15-8-9-4-6-13(15,7-5-9)10(14)16/h9H,4-8H2,1-3H3,(H2,14,16). The van der Waals surface area contributed by atoms with E-state index in [4.69, 9.17) is 10.5 Å². The van der Waals surface area contributed by atoms with Crippen molar-refractivity contribution in [3.05, 3.63) is 0 Å². The van der Waals surface area contributed by atoms with Gasteiger partial charge in [-0.25, -0.2) is 4.79 Å². The summed E-state index contributed by atoms with van der Waals surface area (Å²) in [4.78, 5) is 25.6. The molecule has 3 fully saturated rings. The second-order valence-corrected chi connectivity index (χ2v) is 6.43. The first-order valence-corrected chi connectivity index (χ1v) is 6.55. The lowest BCUT2D eigenvalue weighted by Crippen LogP contribution is -2.66. The molecular formula is C13H22N2O3. The lowest BCUT2D eigenvalue weighted by Gasteiger charge is -2.52. The topological polar surface area (TPSA) is 72.6 Å². The van der Waals surface area contributed by atoms with Gasteiger partial charge >= 0.3 is 6.09 Å². The minimum Gasteiger partial charge on any atom is -0.444 e. The first-order chi connectivity index (χ1) is 8.24. The average Bonchev–Trinajstić information content (AvgIpc) is 2.28. The summed E-state index contributed by atoms with van der Waals surface area (Å²) in [7, 11) is 0. The van der Waals surface area contributed by atoms with Crippen LogP contribution in [0.25, 0.3) is 0 Å². The van der Waals surface area contributed by atoms with E-state index in [1.54, 1.807) is 4.90 Å². The smallest absolute Gasteiger partial charge is 0.411 e. The lowest BCUT2D eigenvalue weighted by atomic mass is 9.70. The van der Waals surface area contributed by atoms with E-state index >= 15 is 0 Å². The van der Waals surface area contributed by atoms with Gasteiger partial charge in [-0.15, -0.1) is 0 Å². The van der Waals surface area contributed by atoms with Crippen LogP contribution in [-0.2, 0) is 9.53 Å². The SMILES string of the molecule is CC(C)(C)OC(=O)N1CC2CCC1(C(N)=O)CC2. The molecule has 1 aliphatic carbocycles. The van der Waals surface area contributed by atoms with Crippen LogP contribution in [0.3, 0.4) is 0 Å². The Kier molecular flexibility index (Phi) is 3.03. The van der Waals surface area contributed by atoms with Crippen molar-refractivity contribution in [3.63, 3.8) is 0 Å². The van der Waals surface area contributed by atoms with Crippen LogP contribution < -0.4 is 5.73 Å². The van der Waals surface area contributed by atoms with Crippen LogP contribution in [0.2, 0.25) is 0 Å². The summed E-state index contributed by atoms with van der Waals surface area (Å²) in [6.07, 6.45) is 2.88. The van der Waals surface area contributed by atoms with Gasteiger partial charge in [0.05, 0.1) is 0 Å². The molecule has 0 aromatic rings. The molecule has 0 atom stereocenters. The zero-order valence-electron chi connectivity index (χ0n) is 11.4. The summed E-state index contributed by atoms with van der Waals surface area (Å²) in [5.41, 5.74) is 4.18. The summed E-state index contributed by atoms with van der Waals surface area (Å²) in [5, 5.41) is 0. The number of ether oxygens (including phenoxy) is 1. The molecular weight excluding hydrogens is 232 g/mol. The Morgan fingerprint density at radius 2 is 1.83 bits per heavy atom. The number of amides is 2. The number of hydrogen-bond acceptors (Lipinski definition) is 3. The molecule has 0 radical (unpaired) electrons. The van der Waals surface area contributed by atoms with Crippen molar-refractivity contribution in [2.75, 3.05) is 6.54 Å². The quantitative estimate of drug-likeness (QED) is 0.773. The zero-order chi connectivity index (χ0) is 13.6. The monoisotopic (exact) mass is 254 g/mol. The molecule has 2 N–H and O–H groups in total. The fourth-order valence-corrected chi connectivity index (χ4v) is 2.99. The third-order valence-electron chi connectivity index (χ3n) is 3.96. The van der Waals surface area contributed by atoms with Crippen molar-refractivity contribution in [2.45, 2.75) is 57.6 Å². The number of nitrogens with zero attached hydrogens (tertiary/aromatic N) is 1. The van der Waals surface area contributed by atoms with E-state index < -0.39 is 23.1 Å². The Morgan fingerprint density at radius 1 is 1.28 bits per heavy atom. The van der Waals surface area contributed by atoms with E-state index in [0.29, 0.717) is 25.3 Å². The molecule has 0 spiro atoms. The predicted molar refractivity (Wildman–Crippen MR) is 66.8 cm³/mol. The fourth-order valence-electron chi connectivity index (χ4n) is 2.99. The number of piperidine rings is 2. The van der Waals surface area contributed by atoms with E-state index in [9.17, 15) is 9.59 Å². The molecule has 0 aromatic heterocycles. The van der Waals surface area contributed by atoms with E-state index in [-0.39, 0.29) is 0 Å². The van der Waals surface area contributed by atoms with Crippen molar-refractivity contribution in [3.8, 4) is 0 Å². The average molecular weight is 254 g/mol. The highest BCUT2D eigenvalue weighted by Crippen LogP contribution is 2.43. The molecule has 18 heavy (non-hydrogen) atoms. The van der Waals surface area contributed by atoms with Gasteiger partial charge in [0.1, 0.15) is 11.1 Å². The highest BCUT2D eigenvalue weighted by molar-refractivity contribution is 5.89. The number of hydrogen-bond donors (Lipinski definition) is 1. The highest BCUT2D eigenvalue weighted by Gasteiger charge is 2.53. The van der Waals surface area contributed by atoms with Gasteiger partial charge in [0.15, 0.2) is 0 Å². The number of carbonyl (C=O) groups excluding carboxylic acids is 2. The maximum absolute atomic E-state index is 12.2. The zero-order valence-corrected chi connectivity index (χ0v) is 11.4. The normalized spacial score (nSPS) is 31.3. The summed E-state index contributed by atoms with van der Waals surface area (Å²) in [6, 6.07) is 0.